The first kappa shape index (κ1) is 65.3. The van der Waals surface area contributed by atoms with Gasteiger partial charge in [0.2, 0.25) is 0 Å². The van der Waals surface area contributed by atoms with Gasteiger partial charge in [0.05, 0.1) is 6.61 Å². The van der Waals surface area contributed by atoms with Crippen LogP contribution < -0.4 is 0 Å². The molecule has 0 saturated heterocycles. The summed E-state index contributed by atoms with van der Waals surface area (Å²) >= 11 is 0. The Morgan fingerprint density at radius 1 is 0.324 bits per heavy atom. The van der Waals surface area contributed by atoms with Gasteiger partial charge >= 0.3 is 29.8 Å². The van der Waals surface area contributed by atoms with Crippen molar-refractivity contribution in [1.29, 1.82) is 0 Å². The predicted molar refractivity (Wildman–Crippen MR) is 277 cm³/mol. The highest BCUT2D eigenvalue weighted by Gasteiger charge is 2.20. The monoisotopic (exact) mass is 966 g/mol. The molecule has 11 nitrogen and oxygen atoms in total. The SMILES string of the molecule is CCCCCCCCC(CCCCCC)COC(=O)CCCCCC(=O)OCC(COC(=O)CCCCCCC(=O)OC(CCCCCCCC)CCCCCCCC)OC(=O)CCCN(C)C. The summed E-state index contributed by atoms with van der Waals surface area (Å²) in [6, 6.07) is 0. The van der Waals surface area contributed by atoms with Gasteiger partial charge in [-0.1, -0.05) is 175 Å². The quantitative estimate of drug-likeness (QED) is 0.0327. The number of nitrogens with zero attached hydrogens (tertiary/aromatic N) is 1. The first-order chi connectivity index (χ1) is 33.0. The minimum Gasteiger partial charge on any atom is -0.465 e. The van der Waals surface area contributed by atoms with Crippen molar-refractivity contribution in [3.8, 4) is 0 Å². The molecule has 2 atom stereocenters. The molecule has 0 aliphatic heterocycles. The van der Waals surface area contributed by atoms with E-state index in [4.69, 9.17) is 23.7 Å². The lowest BCUT2D eigenvalue weighted by Gasteiger charge is -2.19. The second kappa shape index (κ2) is 49.3. The molecule has 0 rings (SSSR count). The van der Waals surface area contributed by atoms with E-state index in [9.17, 15) is 24.0 Å². The zero-order valence-corrected chi connectivity index (χ0v) is 45.2. The molecule has 0 aromatic rings. The van der Waals surface area contributed by atoms with Gasteiger partial charge in [0.25, 0.3) is 0 Å². The van der Waals surface area contributed by atoms with Gasteiger partial charge in [-0.25, -0.2) is 0 Å². The molecule has 2 unspecified atom stereocenters. The van der Waals surface area contributed by atoms with E-state index >= 15 is 0 Å². The van der Waals surface area contributed by atoms with E-state index in [0.29, 0.717) is 57.5 Å². The average molecular weight is 966 g/mol. The summed E-state index contributed by atoms with van der Waals surface area (Å²) in [4.78, 5) is 65.4. The Hall–Kier alpha value is -2.69. The molecule has 68 heavy (non-hydrogen) atoms. The molecule has 0 aliphatic rings. The summed E-state index contributed by atoms with van der Waals surface area (Å²) in [6.45, 7) is 9.75. The summed E-state index contributed by atoms with van der Waals surface area (Å²) in [5.74, 6) is -1.12. The second-order valence-electron chi connectivity index (χ2n) is 20.0. The third-order valence-corrected chi connectivity index (χ3v) is 12.9. The fourth-order valence-corrected chi connectivity index (χ4v) is 8.50. The Bertz CT molecular complexity index is 1180. The Morgan fingerprint density at radius 3 is 1.03 bits per heavy atom. The molecule has 0 radical (unpaired) electrons. The molecular weight excluding hydrogens is 859 g/mol. The Labute approximate surface area is 417 Å². The van der Waals surface area contributed by atoms with Crippen molar-refractivity contribution >= 4 is 29.8 Å². The van der Waals surface area contributed by atoms with Crippen molar-refractivity contribution in [3.63, 3.8) is 0 Å². The van der Waals surface area contributed by atoms with Crippen LogP contribution in [0.5, 0.6) is 0 Å². The second-order valence-corrected chi connectivity index (χ2v) is 20.0. The van der Waals surface area contributed by atoms with Crippen molar-refractivity contribution in [2.75, 3.05) is 40.5 Å². The molecule has 0 spiro atoms. The molecule has 0 amide bonds. The first-order valence-corrected chi connectivity index (χ1v) is 28.5. The number of hydrogen-bond donors (Lipinski definition) is 0. The van der Waals surface area contributed by atoms with E-state index in [-0.39, 0.29) is 50.5 Å². The highest BCUT2D eigenvalue weighted by molar-refractivity contribution is 5.71. The standard InChI is InChI=1S/C57H107NO10/c1-7-11-15-19-22-29-38-50(37-28-18-14-10-4)47-64-53(59)42-34-27-35-43-55(61)66-49-52(68-57(63)45-36-46-58(5)6)48-65-54(60)41-32-25-26-33-44-56(62)67-51(39-30-23-20-16-12-8-2)40-31-24-21-17-13-9-3/h50-52H,7-49H2,1-6H3. The summed E-state index contributed by atoms with van der Waals surface area (Å²) in [6.07, 6.45) is 37.2. The van der Waals surface area contributed by atoms with Gasteiger partial charge in [-0.05, 0) is 97.2 Å². The van der Waals surface area contributed by atoms with Gasteiger partial charge in [0.15, 0.2) is 6.10 Å². The number of rotatable bonds is 51. The maximum atomic E-state index is 12.8. The van der Waals surface area contributed by atoms with Crippen LogP contribution in [-0.2, 0) is 47.7 Å². The molecule has 0 aromatic heterocycles. The first-order valence-electron chi connectivity index (χ1n) is 28.5. The van der Waals surface area contributed by atoms with Gasteiger partial charge in [-0.2, -0.15) is 0 Å². The van der Waals surface area contributed by atoms with Crippen molar-refractivity contribution < 1.29 is 47.7 Å². The topological polar surface area (TPSA) is 135 Å². The molecule has 0 aromatic carbocycles. The van der Waals surface area contributed by atoms with Crippen LogP contribution in [0.2, 0.25) is 0 Å². The summed E-state index contributed by atoms with van der Waals surface area (Å²) in [5.41, 5.74) is 0. The van der Waals surface area contributed by atoms with Crippen LogP contribution in [0.4, 0.5) is 0 Å². The lowest BCUT2D eigenvalue weighted by molar-refractivity contribution is -0.167. The van der Waals surface area contributed by atoms with E-state index in [1.807, 2.05) is 19.0 Å². The number of carbonyl (C=O) groups excluding carboxylic acids is 5. The highest BCUT2D eigenvalue weighted by Crippen LogP contribution is 2.21. The predicted octanol–water partition coefficient (Wildman–Crippen LogP) is 14.9. The molecule has 0 saturated carbocycles. The van der Waals surface area contributed by atoms with Crippen LogP contribution in [0.15, 0.2) is 0 Å². The summed E-state index contributed by atoms with van der Waals surface area (Å²) in [7, 11) is 3.87. The Morgan fingerprint density at radius 2 is 0.618 bits per heavy atom. The molecule has 0 heterocycles. The van der Waals surface area contributed by atoms with E-state index in [1.165, 1.54) is 128 Å². The number of carbonyl (C=O) groups is 5. The summed E-state index contributed by atoms with van der Waals surface area (Å²) < 4.78 is 28.3. The lowest BCUT2D eigenvalue weighted by atomic mass is 9.95. The normalized spacial score (nSPS) is 12.3. The average Bonchev–Trinajstić information content (AvgIpc) is 3.31. The fourth-order valence-electron chi connectivity index (χ4n) is 8.50. The third kappa shape index (κ3) is 45.7. The van der Waals surface area contributed by atoms with Gasteiger partial charge < -0.3 is 28.6 Å². The van der Waals surface area contributed by atoms with Crippen LogP contribution in [0.1, 0.15) is 278 Å². The third-order valence-electron chi connectivity index (χ3n) is 12.9. The fraction of sp³-hybridized carbons (Fsp3) is 0.912. The van der Waals surface area contributed by atoms with Crippen LogP contribution in [-0.4, -0.2) is 87.4 Å². The van der Waals surface area contributed by atoms with Crippen LogP contribution in [0.3, 0.4) is 0 Å². The van der Waals surface area contributed by atoms with Crippen molar-refractivity contribution in [2.45, 2.75) is 290 Å². The van der Waals surface area contributed by atoms with Crippen molar-refractivity contribution in [3.05, 3.63) is 0 Å². The zero-order valence-electron chi connectivity index (χ0n) is 45.2. The van der Waals surface area contributed by atoms with Crippen molar-refractivity contribution in [1.82, 2.24) is 4.90 Å². The van der Waals surface area contributed by atoms with Crippen LogP contribution in [0, 0.1) is 5.92 Å². The Balaban J connectivity index is 4.68. The highest BCUT2D eigenvalue weighted by atomic mass is 16.6. The van der Waals surface area contributed by atoms with E-state index < -0.39 is 24.0 Å². The van der Waals surface area contributed by atoms with Gasteiger partial charge in [-0.3, -0.25) is 24.0 Å². The molecule has 400 valence electrons. The smallest absolute Gasteiger partial charge is 0.306 e. The molecular formula is C57H107NO10. The lowest BCUT2D eigenvalue weighted by Crippen LogP contribution is -2.31. The largest absolute Gasteiger partial charge is 0.465 e. The number of esters is 5. The van der Waals surface area contributed by atoms with E-state index in [1.54, 1.807) is 0 Å². The molecule has 0 fully saturated rings. The maximum absolute atomic E-state index is 12.8. The van der Waals surface area contributed by atoms with Gasteiger partial charge in [0, 0.05) is 32.1 Å². The van der Waals surface area contributed by atoms with Crippen molar-refractivity contribution in [2.24, 2.45) is 5.92 Å². The summed E-state index contributed by atoms with van der Waals surface area (Å²) in [5, 5.41) is 0. The number of unbranched alkanes of at least 4 members (excludes halogenated alkanes) is 23. The molecule has 0 bridgehead atoms. The minimum atomic E-state index is -0.905. The van der Waals surface area contributed by atoms with E-state index in [0.717, 1.165) is 64.3 Å². The number of hydrogen-bond acceptors (Lipinski definition) is 11. The van der Waals surface area contributed by atoms with Crippen LogP contribution >= 0.6 is 0 Å². The molecule has 0 aliphatic carbocycles. The zero-order chi connectivity index (χ0) is 50.1. The maximum Gasteiger partial charge on any atom is 0.306 e. The van der Waals surface area contributed by atoms with Crippen LogP contribution in [0.25, 0.3) is 0 Å². The molecule has 11 heteroatoms. The Kier molecular flexibility index (Phi) is 47.3. The van der Waals surface area contributed by atoms with Gasteiger partial charge in [-0.15, -0.1) is 0 Å². The van der Waals surface area contributed by atoms with E-state index in [2.05, 4.69) is 27.7 Å². The van der Waals surface area contributed by atoms with Gasteiger partial charge in [0.1, 0.15) is 19.3 Å². The minimum absolute atomic E-state index is 0.0143. The number of ether oxygens (including phenoxy) is 5. The molecule has 0 N–H and O–H groups in total.